The Balaban J connectivity index is 0.000000245. The summed E-state index contributed by atoms with van der Waals surface area (Å²) in [4.78, 5) is 0. The van der Waals surface area contributed by atoms with Gasteiger partial charge in [0.2, 0.25) is 0 Å². The van der Waals surface area contributed by atoms with Crippen molar-refractivity contribution in [1.82, 2.24) is 0 Å². The molecule has 0 spiro atoms. The van der Waals surface area contributed by atoms with E-state index < -0.39 is 0 Å². The molecule has 4 heteroatoms. The van der Waals surface area contributed by atoms with Crippen LogP contribution >= 0.6 is 0 Å². The van der Waals surface area contributed by atoms with Crippen molar-refractivity contribution in [1.29, 1.82) is 0 Å². The first-order valence-corrected chi connectivity index (χ1v) is 15.4. The maximum absolute atomic E-state index is 4.93. The first-order valence-electron chi connectivity index (χ1n) is 14.0. The quantitative estimate of drug-likeness (QED) is 0.260. The van der Waals surface area contributed by atoms with E-state index in [0.29, 0.717) is 0 Å². The Morgan fingerprint density at radius 3 is 1.81 bits per heavy atom. The Hall–Kier alpha value is -2.38. The van der Waals surface area contributed by atoms with Crippen LogP contribution in [0.2, 0.25) is 0 Å². The second-order valence-corrected chi connectivity index (χ2v) is 13.4. The molecule has 0 saturated heterocycles. The number of halogens is 2. The van der Waals surface area contributed by atoms with Crippen LogP contribution in [-0.4, -0.2) is 3.71 Å². The first kappa shape index (κ1) is 35.8. The van der Waals surface area contributed by atoms with Gasteiger partial charge in [0, 0.05) is 6.26 Å². The van der Waals surface area contributed by atoms with Gasteiger partial charge in [0.05, 0.1) is 6.26 Å². The van der Waals surface area contributed by atoms with Crippen LogP contribution in [0.3, 0.4) is 0 Å². The summed E-state index contributed by atoms with van der Waals surface area (Å²) in [6.45, 7) is 13.7. The van der Waals surface area contributed by atoms with Crippen LogP contribution in [0.1, 0.15) is 70.2 Å². The molecule has 0 aliphatic heterocycles. The van der Waals surface area contributed by atoms with Crippen LogP contribution in [0, 0.1) is 6.08 Å². The zero-order chi connectivity index (χ0) is 28.8. The Kier molecular flexibility index (Phi) is 13.6. The van der Waals surface area contributed by atoms with Crippen LogP contribution in [0.5, 0.6) is 0 Å². The first-order chi connectivity index (χ1) is 19.1. The van der Waals surface area contributed by atoms with Gasteiger partial charge < -0.3 is 29.2 Å². The van der Waals surface area contributed by atoms with Crippen molar-refractivity contribution in [3.63, 3.8) is 0 Å². The third kappa shape index (κ3) is 9.57. The Bertz CT molecular complexity index is 1540. The Morgan fingerprint density at radius 1 is 0.810 bits per heavy atom. The summed E-state index contributed by atoms with van der Waals surface area (Å²) in [5.41, 5.74) is 6.88. The summed E-state index contributed by atoms with van der Waals surface area (Å²) >= 11 is 1.51. The van der Waals surface area contributed by atoms with E-state index >= 15 is 0 Å². The van der Waals surface area contributed by atoms with Gasteiger partial charge in [-0.15, -0.1) is 45.8 Å². The summed E-state index contributed by atoms with van der Waals surface area (Å²) in [6.07, 6.45) is 12.8. The molecule has 1 nitrogen and oxygen atoms in total. The maximum atomic E-state index is 4.93. The number of allylic oxidation sites excluding steroid dienone is 4. The number of benzene rings is 3. The molecule has 0 bridgehead atoms. The molecule has 0 radical (unpaired) electrons. The number of furan rings is 1. The zero-order valence-corrected chi connectivity index (χ0v) is 29.4. The van der Waals surface area contributed by atoms with E-state index in [4.69, 9.17) is 4.42 Å². The van der Waals surface area contributed by atoms with Crippen LogP contribution in [-0.2, 0) is 41.5 Å². The fourth-order valence-electron chi connectivity index (χ4n) is 4.68. The Morgan fingerprint density at radius 2 is 1.38 bits per heavy atom. The number of hydrogen-bond donors (Lipinski definition) is 0. The summed E-state index contributed by atoms with van der Waals surface area (Å²) in [5, 5.41) is 5.49. The van der Waals surface area contributed by atoms with E-state index in [1.165, 1.54) is 62.5 Å². The predicted molar refractivity (Wildman–Crippen MR) is 170 cm³/mol. The molecule has 218 valence electrons. The van der Waals surface area contributed by atoms with E-state index in [1.54, 1.807) is 12.5 Å². The number of hydrogen-bond acceptors (Lipinski definition) is 1. The molecule has 1 aromatic heterocycles. The van der Waals surface area contributed by atoms with Crippen LogP contribution in [0.4, 0.5) is 0 Å². The molecule has 1 aliphatic rings. The number of fused-ring (bicyclic) bond motifs is 3. The fourth-order valence-corrected chi connectivity index (χ4v) is 5.26. The van der Waals surface area contributed by atoms with Crippen molar-refractivity contribution in [2.45, 2.75) is 65.2 Å². The second kappa shape index (κ2) is 15.9. The van der Waals surface area contributed by atoms with E-state index in [9.17, 15) is 0 Å². The van der Waals surface area contributed by atoms with Gasteiger partial charge in [-0.25, -0.2) is 0 Å². The minimum absolute atomic E-state index is 0. The molecule has 1 aliphatic carbocycles. The van der Waals surface area contributed by atoms with Crippen molar-refractivity contribution in [3.8, 4) is 0 Å². The topological polar surface area (TPSA) is 13.1 Å². The molecule has 42 heavy (non-hydrogen) atoms. The normalized spacial score (nSPS) is 12.3. The SMILES string of the molecule is CC(C)(C)c1ccc2[cH-]c3ccc(C(C)(C)C)cc3c2c1.[C-]1=C(c2ccoc2)C=CC1.[Cl-].[Cl-].[Zr+2]=[CH]Cc1ccccc1. The molecule has 1 heterocycles. The van der Waals surface area contributed by atoms with E-state index in [-0.39, 0.29) is 35.6 Å². The third-order valence-corrected chi connectivity index (χ3v) is 7.65. The third-order valence-electron chi connectivity index (χ3n) is 7.15. The van der Waals surface area contributed by atoms with E-state index in [2.05, 4.69) is 130 Å². The summed E-state index contributed by atoms with van der Waals surface area (Å²) in [7, 11) is 0. The summed E-state index contributed by atoms with van der Waals surface area (Å²) in [6, 6.07) is 28.6. The van der Waals surface area contributed by atoms with Gasteiger partial charge in [-0.3, -0.25) is 0 Å². The van der Waals surface area contributed by atoms with Crippen LogP contribution in [0.15, 0.2) is 108 Å². The molecule has 4 aromatic carbocycles. The van der Waals surface area contributed by atoms with E-state index in [1.807, 2.05) is 12.1 Å². The Labute approximate surface area is 279 Å². The standard InChI is InChI=1S/C21H25.C9H7O.C8H8.2ClH.Zr/c1-20(2,3)16-9-7-14-11-15-8-10-17(21(4,5)6)13-19(15)18(14)12-16;1-2-4-8(3-1)9-5-6-10-7-9;1-2-8-6-4-3-5-7-8;;;/h7-13H,1-6H3;1,3,5-7H,2H2;1,3-7H,2H2;2*1H;/q2*-1;;;;+2/p-2. The van der Waals surface area contributed by atoms with Gasteiger partial charge in [0.25, 0.3) is 0 Å². The summed E-state index contributed by atoms with van der Waals surface area (Å²) < 4.78 is 7.18. The van der Waals surface area contributed by atoms with Crippen molar-refractivity contribution < 1.29 is 53.5 Å². The molecular weight excluding hydrogens is 635 g/mol. The molecule has 0 saturated carbocycles. The van der Waals surface area contributed by atoms with Crippen molar-refractivity contribution in [2.75, 3.05) is 0 Å². The van der Waals surface area contributed by atoms with Gasteiger partial charge in [-0.2, -0.15) is 17.7 Å². The van der Waals surface area contributed by atoms with Crippen molar-refractivity contribution in [2.24, 2.45) is 0 Å². The molecule has 5 aromatic rings. The molecule has 0 fully saturated rings. The zero-order valence-electron chi connectivity index (χ0n) is 25.5. The van der Waals surface area contributed by atoms with Crippen LogP contribution < -0.4 is 24.8 Å². The molecular formula is C38H40Cl2OZr-2. The van der Waals surface area contributed by atoms with Crippen LogP contribution in [0.25, 0.3) is 27.1 Å². The second-order valence-electron chi connectivity index (χ2n) is 12.4. The minimum atomic E-state index is 0. The van der Waals surface area contributed by atoms with Gasteiger partial charge in [0.1, 0.15) is 0 Å². The van der Waals surface area contributed by atoms with Crippen molar-refractivity contribution in [3.05, 3.63) is 132 Å². The van der Waals surface area contributed by atoms with Gasteiger partial charge >= 0.3 is 70.3 Å². The average molecular weight is 675 g/mol. The average Bonchev–Trinajstić information content (AvgIpc) is 3.70. The van der Waals surface area contributed by atoms with Gasteiger partial charge in [-0.05, 0) is 10.8 Å². The van der Waals surface area contributed by atoms with Gasteiger partial charge in [-0.1, -0.05) is 95.0 Å². The van der Waals surface area contributed by atoms with Crippen molar-refractivity contribution >= 4 is 30.8 Å². The molecule has 0 N–H and O–H groups in total. The summed E-state index contributed by atoms with van der Waals surface area (Å²) in [5.74, 6) is 0. The molecule has 6 rings (SSSR count). The molecule has 0 unspecified atom stereocenters. The molecule has 0 atom stereocenters. The number of rotatable bonds is 3. The monoisotopic (exact) mass is 672 g/mol. The molecule has 0 amide bonds. The predicted octanol–water partition coefficient (Wildman–Crippen LogP) is 4.32. The van der Waals surface area contributed by atoms with E-state index in [0.717, 1.165) is 24.0 Å². The van der Waals surface area contributed by atoms with Gasteiger partial charge in [0.15, 0.2) is 0 Å². The fraction of sp³-hybridized carbons (Fsp3) is 0.263.